The number of hydrogen-bond acceptors (Lipinski definition) is 4. The number of hydrogen-bond donors (Lipinski definition) is 2. The third-order valence-electron chi connectivity index (χ3n) is 4.74. The Kier molecular flexibility index (Phi) is 4.30. The largest absolute Gasteiger partial charge is 0.494 e. The van der Waals surface area contributed by atoms with E-state index in [0.29, 0.717) is 17.7 Å². The van der Waals surface area contributed by atoms with Crippen LogP contribution in [0.4, 0.5) is 19.4 Å². The Morgan fingerprint density at radius 1 is 1.13 bits per heavy atom. The minimum Gasteiger partial charge on any atom is -0.494 e. The van der Waals surface area contributed by atoms with Gasteiger partial charge in [0.15, 0.2) is 0 Å². The number of thiazole rings is 1. The van der Waals surface area contributed by atoms with Crippen LogP contribution in [0.2, 0.25) is 5.02 Å². The Morgan fingerprint density at radius 2 is 1.87 bits per heavy atom. The first kappa shape index (κ1) is 21.0. The summed E-state index contributed by atoms with van der Waals surface area (Å²) in [4.78, 5) is 11.9. The van der Waals surface area contributed by atoms with E-state index in [1.807, 2.05) is 0 Å². The molecule has 1 heterocycles. The smallest absolute Gasteiger partial charge is 0.310 e. The lowest BCUT2D eigenvalue weighted by atomic mass is 10.00. The Labute approximate surface area is 175 Å². The summed E-state index contributed by atoms with van der Waals surface area (Å²) in [6.45, 7) is 0. The highest BCUT2D eigenvalue weighted by Crippen LogP contribution is 3.02. The van der Waals surface area contributed by atoms with Gasteiger partial charge in [0.1, 0.15) is 16.4 Å². The summed E-state index contributed by atoms with van der Waals surface area (Å²) < 4.78 is 70.0. The standard InChI is InChI=1S/C18H13ClF5NO3S2/c19-14-8-11(30(20,21,22,23)24)3-6-15(14)28-10-2-5-12-9(7-10)1-4-13(12)16-17(26)25-18(27)29-16/h2-3,5-8,13,26H,1,4H2,(H,25,27). The second kappa shape index (κ2) is 6.14. The van der Waals surface area contributed by atoms with Gasteiger partial charge < -0.3 is 9.84 Å². The Hall–Kier alpha value is -2.24. The molecule has 0 radical (unpaired) electrons. The van der Waals surface area contributed by atoms with Crippen molar-refractivity contribution in [1.29, 1.82) is 0 Å². The number of rotatable bonds is 4. The third kappa shape index (κ3) is 4.01. The van der Waals surface area contributed by atoms with Crippen LogP contribution in [-0.2, 0) is 6.42 Å². The van der Waals surface area contributed by atoms with Gasteiger partial charge >= 0.3 is 15.1 Å². The average molecular weight is 486 g/mol. The summed E-state index contributed by atoms with van der Waals surface area (Å²) in [6, 6.07) is 6.08. The molecule has 3 aromatic rings. The van der Waals surface area contributed by atoms with Gasteiger partial charge in [-0.2, -0.15) is 0 Å². The zero-order valence-corrected chi connectivity index (χ0v) is 17.2. The average Bonchev–Trinajstić information content (AvgIpc) is 3.16. The molecular formula is C18H13ClF5NO3S2. The molecule has 1 aromatic heterocycles. The van der Waals surface area contributed by atoms with Crippen LogP contribution in [-0.4, -0.2) is 10.1 Å². The van der Waals surface area contributed by atoms with Crippen LogP contribution >= 0.6 is 33.2 Å². The van der Waals surface area contributed by atoms with E-state index in [4.69, 9.17) is 16.3 Å². The molecule has 30 heavy (non-hydrogen) atoms. The number of benzene rings is 2. The van der Waals surface area contributed by atoms with E-state index in [2.05, 4.69) is 4.98 Å². The van der Waals surface area contributed by atoms with Crippen molar-refractivity contribution >= 4 is 33.2 Å². The molecule has 0 fully saturated rings. The van der Waals surface area contributed by atoms with E-state index in [-0.39, 0.29) is 40.3 Å². The van der Waals surface area contributed by atoms with Gasteiger partial charge in [-0.15, -0.1) is 0 Å². The summed E-state index contributed by atoms with van der Waals surface area (Å²) in [7, 11) is -9.83. The highest BCUT2D eigenvalue weighted by atomic mass is 35.5. The summed E-state index contributed by atoms with van der Waals surface area (Å²) in [6.07, 6.45) is 1.28. The van der Waals surface area contributed by atoms with Crippen molar-refractivity contribution in [2.75, 3.05) is 0 Å². The lowest BCUT2D eigenvalue weighted by Crippen LogP contribution is -2.05. The summed E-state index contributed by atoms with van der Waals surface area (Å²) in [5, 5.41) is 9.30. The number of H-pyrrole nitrogens is 1. The van der Waals surface area contributed by atoms with Crippen molar-refractivity contribution in [3.8, 4) is 17.4 Å². The molecule has 1 atom stereocenters. The number of ether oxygens (including phenoxy) is 1. The highest BCUT2D eigenvalue weighted by Gasteiger charge is 2.65. The fourth-order valence-corrected chi connectivity index (χ4v) is 5.26. The van der Waals surface area contributed by atoms with Crippen LogP contribution in [0.25, 0.3) is 0 Å². The fraction of sp³-hybridized carbons (Fsp3) is 0.167. The van der Waals surface area contributed by atoms with Crippen LogP contribution in [0.15, 0.2) is 46.1 Å². The van der Waals surface area contributed by atoms with Gasteiger partial charge in [0.2, 0.25) is 5.88 Å². The van der Waals surface area contributed by atoms with Crippen LogP contribution in [0.5, 0.6) is 17.4 Å². The first-order valence-electron chi connectivity index (χ1n) is 8.47. The quantitative estimate of drug-likeness (QED) is 0.380. The van der Waals surface area contributed by atoms with Crippen molar-refractivity contribution in [1.82, 2.24) is 4.98 Å². The number of aryl methyl sites for hydroxylation is 1. The number of nitrogens with one attached hydrogen (secondary N) is 1. The Balaban J connectivity index is 1.61. The van der Waals surface area contributed by atoms with E-state index < -0.39 is 20.1 Å². The molecule has 162 valence electrons. The molecule has 1 unspecified atom stereocenters. The van der Waals surface area contributed by atoms with Gasteiger partial charge in [0, 0.05) is 5.92 Å². The van der Waals surface area contributed by atoms with Gasteiger partial charge in [0.05, 0.1) is 9.90 Å². The summed E-state index contributed by atoms with van der Waals surface area (Å²) in [5.74, 6) is -0.265. The van der Waals surface area contributed by atoms with E-state index in [0.717, 1.165) is 28.5 Å². The molecule has 4 rings (SSSR count). The van der Waals surface area contributed by atoms with Crippen LogP contribution in [0.3, 0.4) is 0 Å². The molecular weight excluding hydrogens is 473 g/mol. The van der Waals surface area contributed by atoms with Crippen LogP contribution in [0.1, 0.15) is 28.3 Å². The monoisotopic (exact) mass is 485 g/mol. The van der Waals surface area contributed by atoms with Gasteiger partial charge in [-0.05, 0) is 54.3 Å². The third-order valence-corrected chi connectivity index (χ3v) is 7.17. The van der Waals surface area contributed by atoms with Gasteiger partial charge in [-0.1, -0.05) is 48.4 Å². The number of halogens is 6. The first-order valence-corrected chi connectivity index (χ1v) is 11.6. The summed E-state index contributed by atoms with van der Waals surface area (Å²) in [5.41, 5.74) is 1.76. The molecule has 0 amide bonds. The molecule has 4 nitrogen and oxygen atoms in total. The number of aromatic nitrogens is 1. The number of aromatic amines is 1. The van der Waals surface area contributed by atoms with Crippen molar-refractivity contribution in [2.24, 2.45) is 0 Å². The SMILES string of the molecule is O=c1[nH]c(O)c(C2CCc3cc(Oc4ccc(S(F)(F)(F)(F)F)cc4Cl)ccc32)s1. The summed E-state index contributed by atoms with van der Waals surface area (Å²) >= 11 is 6.68. The maximum absolute atomic E-state index is 12.9. The zero-order chi connectivity index (χ0) is 22.0. The van der Waals surface area contributed by atoms with Gasteiger partial charge in [0.25, 0.3) is 0 Å². The molecule has 2 aromatic carbocycles. The lowest BCUT2D eigenvalue weighted by molar-refractivity contribution is 0.363. The minimum absolute atomic E-state index is 0.151. The molecule has 1 aliphatic carbocycles. The van der Waals surface area contributed by atoms with Crippen LogP contribution in [0, 0.1) is 0 Å². The number of fused-ring (bicyclic) bond motifs is 1. The Bertz CT molecular complexity index is 1220. The predicted molar refractivity (Wildman–Crippen MR) is 106 cm³/mol. The molecule has 1 aliphatic rings. The predicted octanol–water partition coefficient (Wildman–Crippen LogP) is 7.32. The highest BCUT2D eigenvalue weighted by molar-refractivity contribution is 8.45. The normalized spacial score (nSPS) is 18.5. The van der Waals surface area contributed by atoms with E-state index in [9.17, 15) is 29.3 Å². The first-order chi connectivity index (χ1) is 13.7. The van der Waals surface area contributed by atoms with Crippen molar-refractivity contribution in [2.45, 2.75) is 23.7 Å². The maximum Gasteiger partial charge on any atom is 0.310 e. The second-order valence-corrected chi connectivity index (χ2v) is 10.7. The van der Waals surface area contributed by atoms with Crippen molar-refractivity contribution in [3.05, 3.63) is 67.1 Å². The number of aromatic hydroxyl groups is 1. The van der Waals surface area contributed by atoms with E-state index in [1.165, 1.54) is 0 Å². The van der Waals surface area contributed by atoms with Crippen LogP contribution < -0.4 is 9.61 Å². The molecule has 0 saturated carbocycles. The fourth-order valence-electron chi connectivity index (χ4n) is 3.43. The van der Waals surface area contributed by atoms with Crippen molar-refractivity contribution < 1.29 is 29.3 Å². The van der Waals surface area contributed by atoms with E-state index >= 15 is 0 Å². The molecule has 2 N–H and O–H groups in total. The van der Waals surface area contributed by atoms with Crippen molar-refractivity contribution in [3.63, 3.8) is 0 Å². The molecule has 0 spiro atoms. The minimum atomic E-state index is -9.83. The Morgan fingerprint density at radius 3 is 2.47 bits per heavy atom. The van der Waals surface area contributed by atoms with Gasteiger partial charge in [-0.3, -0.25) is 9.78 Å². The molecule has 0 aliphatic heterocycles. The maximum atomic E-state index is 12.9. The molecule has 0 bridgehead atoms. The van der Waals surface area contributed by atoms with Gasteiger partial charge in [-0.25, -0.2) is 0 Å². The topological polar surface area (TPSA) is 62.3 Å². The molecule has 12 heteroatoms. The lowest BCUT2D eigenvalue weighted by Gasteiger charge is -2.40. The second-order valence-electron chi connectivity index (χ2n) is 6.84. The zero-order valence-electron chi connectivity index (χ0n) is 14.8. The molecule has 0 saturated heterocycles. The van der Waals surface area contributed by atoms with E-state index in [1.54, 1.807) is 18.2 Å².